The van der Waals surface area contributed by atoms with Crippen LogP contribution < -0.4 is 15.6 Å². The Balaban J connectivity index is 1.65. The van der Waals surface area contributed by atoms with Crippen LogP contribution in [0.15, 0.2) is 35.5 Å². The van der Waals surface area contributed by atoms with Crippen molar-refractivity contribution in [3.8, 4) is 5.88 Å². The molecule has 2 heterocycles. The fourth-order valence-electron chi connectivity index (χ4n) is 5.57. The van der Waals surface area contributed by atoms with Crippen LogP contribution in [0.2, 0.25) is 0 Å². The molecule has 1 amide bonds. The van der Waals surface area contributed by atoms with Crippen LogP contribution in [0.1, 0.15) is 121 Å². The average molecular weight is 648 g/mol. The lowest BCUT2D eigenvalue weighted by molar-refractivity contribution is -0.698. The van der Waals surface area contributed by atoms with E-state index in [9.17, 15) is 19.5 Å². The number of unbranched alkanes of at least 4 members (excludes halogenated alkanes) is 12. The summed E-state index contributed by atoms with van der Waals surface area (Å²) in [4.78, 5) is 37.1. The molecule has 0 spiro atoms. The number of esters is 1. The van der Waals surface area contributed by atoms with Crippen molar-refractivity contribution >= 4 is 12.1 Å². The molecule has 2 N–H and O–H groups in total. The normalized spacial score (nSPS) is 12.5. The summed E-state index contributed by atoms with van der Waals surface area (Å²) in [7, 11) is 2.96. The highest BCUT2D eigenvalue weighted by molar-refractivity contribution is 5.88. The number of hydrogen-bond acceptors (Lipinski definition) is 7. The van der Waals surface area contributed by atoms with Crippen LogP contribution in [0.4, 0.5) is 4.79 Å². The highest BCUT2D eigenvalue weighted by atomic mass is 16.5. The first-order valence-electron chi connectivity index (χ1n) is 17.3. The Hall–Kier alpha value is -3.34. The van der Waals surface area contributed by atoms with E-state index in [1.165, 1.54) is 93.1 Å². The van der Waals surface area contributed by atoms with Crippen LogP contribution in [-0.4, -0.2) is 59.3 Å². The van der Waals surface area contributed by atoms with E-state index in [-0.39, 0.29) is 43.4 Å². The summed E-state index contributed by atoms with van der Waals surface area (Å²) in [6.45, 7) is 5.21. The first kappa shape index (κ1) is 38.8. The SMILES string of the molecule is CCCCCCCCCCCCCCCC(NC(=O)OCCCn1cc(O)n(CC[n+]2cccc(C(=O)OC)c2)c1=O)C(C)OC. The van der Waals surface area contributed by atoms with Gasteiger partial charge < -0.3 is 24.6 Å². The third-order valence-corrected chi connectivity index (χ3v) is 8.52. The highest BCUT2D eigenvalue weighted by Gasteiger charge is 2.20. The molecule has 2 atom stereocenters. The number of amides is 1. The van der Waals surface area contributed by atoms with Crippen LogP contribution in [0.3, 0.4) is 0 Å². The summed E-state index contributed by atoms with van der Waals surface area (Å²) in [5.74, 6) is -0.604. The summed E-state index contributed by atoms with van der Waals surface area (Å²) in [6, 6.07) is 3.22. The van der Waals surface area contributed by atoms with Gasteiger partial charge in [-0.3, -0.25) is 9.13 Å². The maximum Gasteiger partial charge on any atom is 0.407 e. The second-order valence-electron chi connectivity index (χ2n) is 12.1. The van der Waals surface area contributed by atoms with Crippen LogP contribution >= 0.6 is 0 Å². The van der Waals surface area contributed by atoms with Gasteiger partial charge in [-0.15, -0.1) is 0 Å². The van der Waals surface area contributed by atoms with Crippen LogP contribution in [0, 0.1) is 0 Å². The van der Waals surface area contributed by atoms with Gasteiger partial charge in [0.05, 0.1) is 38.6 Å². The largest absolute Gasteiger partial charge is 0.493 e. The molecule has 0 aliphatic heterocycles. The molecule has 0 aromatic carbocycles. The first-order valence-corrected chi connectivity index (χ1v) is 17.3. The van der Waals surface area contributed by atoms with Gasteiger partial charge in [-0.1, -0.05) is 90.4 Å². The van der Waals surface area contributed by atoms with Crippen molar-refractivity contribution in [2.75, 3.05) is 20.8 Å². The minimum absolute atomic E-state index is 0.132. The number of nitrogens with zero attached hydrogens (tertiary/aromatic N) is 3. The number of methoxy groups -OCH3 is 2. The molecule has 2 aromatic rings. The van der Waals surface area contributed by atoms with Crippen molar-refractivity contribution in [3.63, 3.8) is 0 Å². The third kappa shape index (κ3) is 14.8. The van der Waals surface area contributed by atoms with Gasteiger partial charge >= 0.3 is 17.8 Å². The summed E-state index contributed by atoms with van der Waals surface area (Å²) in [5.41, 5.74) is 0.0317. The Morgan fingerprint density at radius 2 is 1.57 bits per heavy atom. The molecule has 11 nitrogen and oxygen atoms in total. The van der Waals surface area contributed by atoms with Crippen LogP contribution in [0.5, 0.6) is 5.88 Å². The second-order valence-corrected chi connectivity index (χ2v) is 12.1. The number of rotatable bonds is 25. The van der Waals surface area contributed by atoms with E-state index < -0.39 is 12.1 Å². The van der Waals surface area contributed by atoms with Gasteiger partial charge in [-0.05, 0) is 25.8 Å². The lowest BCUT2D eigenvalue weighted by Gasteiger charge is -2.24. The van der Waals surface area contributed by atoms with Gasteiger partial charge in [0.15, 0.2) is 18.9 Å². The van der Waals surface area contributed by atoms with E-state index in [2.05, 4.69) is 12.2 Å². The van der Waals surface area contributed by atoms with Gasteiger partial charge in [0.25, 0.3) is 0 Å². The topological polar surface area (TPSA) is 125 Å². The molecule has 260 valence electrons. The predicted octanol–water partition coefficient (Wildman–Crippen LogP) is 6.13. The molecule has 0 saturated heterocycles. The number of aryl methyl sites for hydroxylation is 2. The van der Waals surface area contributed by atoms with Crippen LogP contribution in [0.25, 0.3) is 0 Å². The molecule has 2 aromatic heterocycles. The van der Waals surface area contributed by atoms with Crippen LogP contribution in [-0.2, 0) is 33.8 Å². The molecular formula is C35H59N4O7+. The fourth-order valence-corrected chi connectivity index (χ4v) is 5.57. The first-order chi connectivity index (χ1) is 22.3. The van der Waals surface area contributed by atoms with E-state index >= 15 is 0 Å². The maximum absolute atomic E-state index is 12.8. The van der Waals surface area contributed by atoms with E-state index in [1.807, 2.05) is 6.92 Å². The smallest absolute Gasteiger partial charge is 0.407 e. The van der Waals surface area contributed by atoms with Crippen molar-refractivity contribution in [1.82, 2.24) is 14.5 Å². The third-order valence-electron chi connectivity index (χ3n) is 8.52. The fraction of sp³-hybridized carbons (Fsp3) is 0.714. The Kier molecular flexibility index (Phi) is 19.5. The number of aromatic hydroxyl groups is 1. The van der Waals surface area contributed by atoms with E-state index in [0.29, 0.717) is 18.5 Å². The highest BCUT2D eigenvalue weighted by Crippen LogP contribution is 2.15. The maximum atomic E-state index is 12.8. The molecule has 11 heteroatoms. The molecule has 0 fully saturated rings. The second kappa shape index (κ2) is 23.1. The molecule has 0 aliphatic carbocycles. The number of nitrogens with one attached hydrogen (secondary N) is 1. The zero-order valence-corrected chi connectivity index (χ0v) is 28.7. The van der Waals surface area contributed by atoms with E-state index in [0.717, 1.165) is 19.3 Å². The number of alkyl carbamates (subject to hydrolysis) is 1. The van der Waals surface area contributed by atoms with Gasteiger partial charge in [-0.25, -0.2) is 19.0 Å². The van der Waals surface area contributed by atoms with E-state index in [1.54, 1.807) is 36.2 Å². The van der Waals surface area contributed by atoms with Crippen molar-refractivity contribution in [2.45, 2.75) is 142 Å². The van der Waals surface area contributed by atoms with Gasteiger partial charge in [-0.2, -0.15) is 0 Å². The monoisotopic (exact) mass is 647 g/mol. The molecule has 0 aliphatic rings. The van der Waals surface area contributed by atoms with Gasteiger partial charge in [0, 0.05) is 19.7 Å². The minimum atomic E-state index is -0.498. The zero-order chi connectivity index (χ0) is 33.6. The van der Waals surface area contributed by atoms with E-state index in [4.69, 9.17) is 14.2 Å². The lowest BCUT2D eigenvalue weighted by Crippen LogP contribution is -2.43. The molecule has 2 rings (SSSR count). The molecule has 2 unspecified atom stereocenters. The molecular weight excluding hydrogens is 588 g/mol. The van der Waals surface area contributed by atoms with Crippen molar-refractivity contribution < 1.29 is 33.5 Å². The number of carbonyl (C=O) groups is 2. The minimum Gasteiger partial charge on any atom is -0.493 e. The Morgan fingerprint density at radius 3 is 2.17 bits per heavy atom. The number of pyridine rings is 1. The predicted molar refractivity (Wildman–Crippen MR) is 178 cm³/mol. The number of imidazole rings is 1. The summed E-state index contributed by atoms with van der Waals surface area (Å²) in [5, 5.41) is 13.3. The summed E-state index contributed by atoms with van der Waals surface area (Å²) >= 11 is 0. The van der Waals surface area contributed by atoms with Gasteiger partial charge in [0.2, 0.25) is 5.88 Å². The number of hydrogen-bond donors (Lipinski definition) is 2. The molecule has 46 heavy (non-hydrogen) atoms. The standard InChI is InChI=1S/C35H58N4O7/c1-5-6-7-8-9-10-11-12-13-14-15-16-17-21-31(29(2)44-3)36-34(42)46-26-19-23-38-28-32(40)39(35(38)43)25-24-37-22-18-20-30(27-37)33(41)45-4/h18,20,22,27-29,31H,5-17,19,21,23-26H2,1-4H3,(H-,36,40,42)/p+1. The van der Waals surface area contributed by atoms with Crippen molar-refractivity contribution in [1.29, 1.82) is 0 Å². The lowest BCUT2D eigenvalue weighted by atomic mass is 10.0. The van der Waals surface area contributed by atoms with Crippen molar-refractivity contribution in [3.05, 3.63) is 46.8 Å². The Bertz CT molecular complexity index is 1200. The quantitative estimate of drug-likeness (QED) is 0.0755. The number of ether oxygens (including phenoxy) is 3. The number of carbonyl (C=O) groups excluding carboxylic acids is 2. The van der Waals surface area contributed by atoms with Crippen molar-refractivity contribution in [2.24, 2.45) is 0 Å². The Labute approximate surface area is 275 Å². The summed E-state index contributed by atoms with van der Waals surface area (Å²) < 4.78 is 20.1. The zero-order valence-electron chi connectivity index (χ0n) is 28.7. The average Bonchev–Trinajstić information content (AvgIpc) is 3.33. The number of aromatic nitrogens is 3. The van der Waals surface area contributed by atoms with Gasteiger partial charge in [0.1, 0.15) is 5.56 Å². The summed E-state index contributed by atoms with van der Waals surface area (Å²) in [6.07, 6.45) is 22.2. The Morgan fingerprint density at radius 1 is 0.935 bits per heavy atom. The molecule has 0 radical (unpaired) electrons. The molecule has 0 bridgehead atoms. The molecule has 0 saturated carbocycles.